The average Bonchev–Trinajstić information content (AvgIpc) is 3.07. The van der Waals surface area contributed by atoms with Crippen molar-refractivity contribution in [2.75, 3.05) is 13.8 Å². The molecule has 6 nitrogen and oxygen atoms in total. The number of halogens is 2. The molecule has 1 unspecified atom stereocenters. The molecule has 1 aromatic carbocycles. The highest BCUT2D eigenvalue weighted by molar-refractivity contribution is 9.10. The summed E-state index contributed by atoms with van der Waals surface area (Å²) in [5, 5.41) is 7.13. The van der Waals surface area contributed by atoms with Gasteiger partial charge in [-0.3, -0.25) is 0 Å². The topological polar surface area (TPSA) is 69.4 Å². The highest BCUT2D eigenvalue weighted by atomic mass is 79.9. The first-order valence-corrected chi connectivity index (χ1v) is 7.06. The smallest absolute Gasteiger partial charge is 0.258 e. The van der Waals surface area contributed by atoms with Crippen LogP contribution in [0.2, 0.25) is 0 Å². The van der Waals surface area contributed by atoms with E-state index in [0.717, 1.165) is 10.0 Å². The van der Waals surface area contributed by atoms with E-state index in [1.54, 1.807) is 0 Å². The van der Waals surface area contributed by atoms with Gasteiger partial charge in [0.25, 0.3) is 5.89 Å². The van der Waals surface area contributed by atoms with Gasteiger partial charge in [-0.25, -0.2) is 0 Å². The van der Waals surface area contributed by atoms with E-state index in [1.165, 1.54) is 0 Å². The molecule has 1 atom stereocenters. The Morgan fingerprint density at radius 1 is 1.38 bits per heavy atom. The Balaban J connectivity index is 0.00000161. The number of hydrogen-bond acceptors (Lipinski definition) is 6. The van der Waals surface area contributed by atoms with Gasteiger partial charge in [-0.2, -0.15) is 4.98 Å². The maximum Gasteiger partial charge on any atom is 0.258 e. The molecule has 0 saturated heterocycles. The molecule has 0 fully saturated rings. The number of likely N-dealkylation sites (N-methyl/N-ethyl adjacent to an activating group) is 1. The van der Waals surface area contributed by atoms with Gasteiger partial charge in [-0.15, -0.1) is 12.4 Å². The fourth-order valence-corrected chi connectivity index (χ4v) is 2.48. The third-order valence-corrected chi connectivity index (χ3v) is 3.71. The van der Waals surface area contributed by atoms with Gasteiger partial charge >= 0.3 is 0 Å². The third kappa shape index (κ3) is 3.30. The van der Waals surface area contributed by atoms with E-state index in [2.05, 4.69) is 38.3 Å². The first kappa shape index (κ1) is 16.1. The van der Waals surface area contributed by atoms with Gasteiger partial charge in [0.2, 0.25) is 6.79 Å². The van der Waals surface area contributed by atoms with Gasteiger partial charge in [0.15, 0.2) is 17.3 Å². The minimum absolute atomic E-state index is 0. The lowest BCUT2D eigenvalue weighted by atomic mass is 10.2. The number of benzene rings is 1. The highest BCUT2D eigenvalue weighted by Gasteiger charge is 2.20. The number of rotatable bonds is 4. The Morgan fingerprint density at radius 3 is 2.95 bits per heavy atom. The minimum atomic E-state index is 0. The van der Waals surface area contributed by atoms with Crippen molar-refractivity contribution >= 4 is 28.3 Å². The molecule has 21 heavy (non-hydrogen) atoms. The van der Waals surface area contributed by atoms with Crippen LogP contribution in [0.15, 0.2) is 21.1 Å². The van der Waals surface area contributed by atoms with Crippen molar-refractivity contribution in [3.05, 3.63) is 22.4 Å². The second-order valence-corrected chi connectivity index (χ2v) is 5.46. The molecule has 1 aromatic heterocycles. The van der Waals surface area contributed by atoms with Gasteiger partial charge in [-0.05, 0) is 42.0 Å². The van der Waals surface area contributed by atoms with E-state index in [9.17, 15) is 0 Å². The molecule has 1 aliphatic heterocycles. The van der Waals surface area contributed by atoms with E-state index < -0.39 is 0 Å². The maximum atomic E-state index is 5.38. The Kier molecular flexibility index (Phi) is 5.08. The van der Waals surface area contributed by atoms with Crippen LogP contribution in [0.4, 0.5) is 0 Å². The van der Waals surface area contributed by atoms with Crippen LogP contribution in [0.1, 0.15) is 12.7 Å². The monoisotopic (exact) mass is 375 g/mol. The minimum Gasteiger partial charge on any atom is -0.454 e. The molecule has 2 aromatic rings. The number of nitrogens with zero attached hydrogens (tertiary/aromatic N) is 2. The van der Waals surface area contributed by atoms with Crippen LogP contribution in [0.3, 0.4) is 0 Å². The number of aromatic nitrogens is 2. The molecule has 0 radical (unpaired) electrons. The van der Waals surface area contributed by atoms with E-state index in [-0.39, 0.29) is 19.2 Å². The number of fused-ring (bicyclic) bond motifs is 1. The van der Waals surface area contributed by atoms with Crippen molar-refractivity contribution < 1.29 is 14.0 Å². The fraction of sp³-hybridized carbons (Fsp3) is 0.385. The zero-order valence-corrected chi connectivity index (χ0v) is 14.0. The van der Waals surface area contributed by atoms with E-state index in [1.807, 2.05) is 19.2 Å². The molecule has 1 N–H and O–H groups in total. The molecule has 114 valence electrons. The van der Waals surface area contributed by atoms with E-state index >= 15 is 0 Å². The van der Waals surface area contributed by atoms with E-state index in [4.69, 9.17) is 14.0 Å². The predicted molar refractivity (Wildman–Crippen MR) is 83.0 cm³/mol. The lowest BCUT2D eigenvalue weighted by Crippen LogP contribution is -2.24. The molecule has 0 bridgehead atoms. The predicted octanol–water partition coefficient (Wildman–Crippen LogP) is 2.80. The first-order valence-electron chi connectivity index (χ1n) is 6.26. The summed E-state index contributed by atoms with van der Waals surface area (Å²) in [5.74, 6) is 2.54. The molecule has 0 saturated carbocycles. The summed E-state index contributed by atoms with van der Waals surface area (Å²) in [7, 11) is 1.90. The lowest BCUT2D eigenvalue weighted by molar-refractivity contribution is 0.173. The summed E-state index contributed by atoms with van der Waals surface area (Å²) in [4.78, 5) is 4.40. The van der Waals surface area contributed by atoms with Gasteiger partial charge in [0.1, 0.15) is 0 Å². The zero-order valence-electron chi connectivity index (χ0n) is 11.6. The molecular weight excluding hydrogens is 362 g/mol. The normalized spacial score (nSPS) is 13.9. The van der Waals surface area contributed by atoms with Crippen LogP contribution in [0.5, 0.6) is 11.5 Å². The highest BCUT2D eigenvalue weighted by Crippen LogP contribution is 2.42. The average molecular weight is 377 g/mol. The second kappa shape index (κ2) is 6.64. The molecule has 1 aliphatic rings. The molecule has 2 heterocycles. The summed E-state index contributed by atoms with van der Waals surface area (Å²) in [6.07, 6.45) is 0.714. The van der Waals surface area contributed by atoms with Gasteiger partial charge in [0.05, 0.1) is 4.47 Å². The molecule has 0 spiro atoms. The lowest BCUT2D eigenvalue weighted by Gasteiger charge is -2.04. The number of nitrogens with one attached hydrogen (secondary N) is 1. The summed E-state index contributed by atoms with van der Waals surface area (Å²) in [6.45, 7) is 2.29. The van der Waals surface area contributed by atoms with Crippen LogP contribution in [-0.2, 0) is 6.42 Å². The van der Waals surface area contributed by atoms with Crippen molar-refractivity contribution in [3.8, 4) is 23.0 Å². The number of hydrogen-bond donors (Lipinski definition) is 1. The summed E-state index contributed by atoms with van der Waals surface area (Å²) in [5.41, 5.74) is 0.803. The summed E-state index contributed by atoms with van der Waals surface area (Å²) in [6, 6.07) is 4.02. The first-order chi connectivity index (χ1) is 9.67. The van der Waals surface area contributed by atoms with Crippen molar-refractivity contribution in [1.82, 2.24) is 15.5 Å². The molecule has 3 rings (SSSR count). The standard InChI is InChI=1S/C13H14BrN3O3.ClH/c1-7(15-2)3-11-16-13(20-17-11)8-4-9(14)12-10(5-8)18-6-19-12;/h4-5,7,15H,3,6H2,1-2H3;1H. The summed E-state index contributed by atoms with van der Waals surface area (Å²) < 4.78 is 16.8. The Morgan fingerprint density at radius 2 is 2.19 bits per heavy atom. The molecule has 0 aliphatic carbocycles. The third-order valence-electron chi connectivity index (χ3n) is 3.12. The maximum absolute atomic E-state index is 5.38. The van der Waals surface area contributed by atoms with Crippen molar-refractivity contribution in [1.29, 1.82) is 0 Å². The zero-order chi connectivity index (χ0) is 14.1. The van der Waals surface area contributed by atoms with Gasteiger partial charge in [-0.1, -0.05) is 5.16 Å². The summed E-state index contributed by atoms with van der Waals surface area (Å²) >= 11 is 3.45. The van der Waals surface area contributed by atoms with Crippen LogP contribution < -0.4 is 14.8 Å². The van der Waals surface area contributed by atoms with Crippen LogP contribution in [-0.4, -0.2) is 30.0 Å². The van der Waals surface area contributed by atoms with Gasteiger partial charge in [0, 0.05) is 18.0 Å². The second-order valence-electron chi connectivity index (χ2n) is 4.60. The largest absolute Gasteiger partial charge is 0.454 e. The molecule has 8 heteroatoms. The quantitative estimate of drug-likeness (QED) is 0.885. The fourth-order valence-electron chi connectivity index (χ4n) is 1.92. The van der Waals surface area contributed by atoms with Crippen LogP contribution >= 0.6 is 28.3 Å². The Hall–Kier alpha value is -1.31. The Bertz CT molecular complexity index is 635. The van der Waals surface area contributed by atoms with Crippen LogP contribution in [0.25, 0.3) is 11.5 Å². The molecular formula is C13H15BrClN3O3. The van der Waals surface area contributed by atoms with Crippen molar-refractivity contribution in [2.24, 2.45) is 0 Å². The van der Waals surface area contributed by atoms with E-state index in [0.29, 0.717) is 35.7 Å². The van der Waals surface area contributed by atoms with Crippen LogP contribution in [0, 0.1) is 0 Å². The van der Waals surface area contributed by atoms with Gasteiger partial charge < -0.3 is 19.3 Å². The number of ether oxygens (including phenoxy) is 2. The van der Waals surface area contributed by atoms with Crippen molar-refractivity contribution in [3.63, 3.8) is 0 Å². The molecule has 0 amide bonds. The Labute approximate surface area is 136 Å². The SMILES string of the molecule is CNC(C)Cc1noc(-c2cc(Br)c3c(c2)OCO3)n1.Cl. The van der Waals surface area contributed by atoms with Crippen molar-refractivity contribution in [2.45, 2.75) is 19.4 Å².